The van der Waals surface area contributed by atoms with Crippen molar-refractivity contribution in [2.24, 2.45) is 11.8 Å². The number of hydrogen-bond acceptors (Lipinski definition) is 6. The van der Waals surface area contributed by atoms with Crippen molar-refractivity contribution in [2.75, 3.05) is 7.11 Å². The minimum Gasteiger partial charge on any atom is -0.496 e. The number of rotatable bonds is 1. The van der Waals surface area contributed by atoms with Crippen molar-refractivity contribution in [3.05, 3.63) is 52.6 Å². The maximum Gasteiger partial charge on any atom is 0.160 e. The molecule has 0 aromatic heterocycles. The van der Waals surface area contributed by atoms with E-state index in [4.69, 9.17) is 4.74 Å². The second kappa shape index (κ2) is 5.76. The number of carbonyl (C=O) groups excluding carboxylic acids is 1. The first-order valence-electron chi connectivity index (χ1n) is 8.71. The Labute approximate surface area is 151 Å². The summed E-state index contributed by atoms with van der Waals surface area (Å²) in [4.78, 5) is 12.7. The van der Waals surface area contributed by atoms with Crippen molar-refractivity contribution in [1.29, 1.82) is 0 Å². The Hall–Kier alpha value is -1.99. The normalized spacial score (nSPS) is 38.5. The van der Waals surface area contributed by atoms with Gasteiger partial charge in [0.2, 0.25) is 0 Å². The van der Waals surface area contributed by atoms with Crippen molar-refractivity contribution in [3.8, 4) is 5.75 Å². The Bertz CT molecular complexity index is 841. The van der Waals surface area contributed by atoms with Crippen molar-refractivity contribution < 1.29 is 30.0 Å². The van der Waals surface area contributed by atoms with Crippen LogP contribution in [0.4, 0.5) is 0 Å². The molecule has 0 saturated heterocycles. The molecule has 0 aliphatic heterocycles. The smallest absolute Gasteiger partial charge is 0.160 e. The zero-order chi connectivity index (χ0) is 18.8. The third-order valence-electron chi connectivity index (χ3n) is 5.98. The molecule has 6 heteroatoms. The Kier molecular flexibility index (Phi) is 3.86. The molecule has 3 aliphatic carbocycles. The quantitative estimate of drug-likeness (QED) is 0.596. The van der Waals surface area contributed by atoms with Crippen LogP contribution in [0.2, 0.25) is 0 Å². The number of aliphatic hydroxyl groups is 4. The fraction of sp³-hybridized carbons (Fsp3) is 0.450. The molecule has 3 aliphatic rings. The summed E-state index contributed by atoms with van der Waals surface area (Å²) in [5.74, 6) is -1.15. The Balaban J connectivity index is 1.95. The number of hydrogen-bond donors (Lipinski definition) is 4. The molecule has 0 saturated carbocycles. The number of ether oxygens (including phenoxy) is 1. The van der Waals surface area contributed by atoms with Gasteiger partial charge in [-0.15, -0.1) is 0 Å². The van der Waals surface area contributed by atoms with E-state index in [9.17, 15) is 25.2 Å². The number of carbonyl (C=O) groups is 1. The van der Waals surface area contributed by atoms with E-state index in [0.29, 0.717) is 22.4 Å². The molecule has 0 radical (unpaired) electrons. The van der Waals surface area contributed by atoms with E-state index in [2.05, 4.69) is 0 Å². The molecule has 6 atom stereocenters. The molecular formula is C20H22O6. The minimum atomic E-state index is -1.87. The first-order valence-corrected chi connectivity index (χ1v) is 8.71. The molecule has 0 amide bonds. The largest absolute Gasteiger partial charge is 0.496 e. The van der Waals surface area contributed by atoms with Gasteiger partial charge in [0.15, 0.2) is 5.78 Å². The summed E-state index contributed by atoms with van der Waals surface area (Å²) in [5.41, 5.74) is -0.515. The van der Waals surface area contributed by atoms with E-state index in [1.54, 1.807) is 25.1 Å². The number of ketones is 1. The maximum absolute atomic E-state index is 12.7. The Morgan fingerprint density at radius 1 is 1.19 bits per heavy atom. The molecular weight excluding hydrogens is 336 g/mol. The van der Waals surface area contributed by atoms with Crippen LogP contribution < -0.4 is 4.74 Å². The maximum atomic E-state index is 12.7. The highest BCUT2D eigenvalue weighted by molar-refractivity contribution is 5.99. The SMILES string of the molecule is COc1cccc2c1C(O)C1(O)C=CC3=C(C(=O)CC(C)C3O)C1C2O. The van der Waals surface area contributed by atoms with Gasteiger partial charge in [0.25, 0.3) is 0 Å². The first kappa shape index (κ1) is 17.4. The lowest BCUT2D eigenvalue weighted by Crippen LogP contribution is -2.53. The topological polar surface area (TPSA) is 107 Å². The van der Waals surface area contributed by atoms with Gasteiger partial charge >= 0.3 is 0 Å². The van der Waals surface area contributed by atoms with E-state index in [1.165, 1.54) is 19.3 Å². The van der Waals surface area contributed by atoms with Crippen molar-refractivity contribution in [1.82, 2.24) is 0 Å². The van der Waals surface area contributed by atoms with E-state index < -0.39 is 29.8 Å². The monoisotopic (exact) mass is 358 g/mol. The van der Waals surface area contributed by atoms with Gasteiger partial charge in [-0.05, 0) is 29.2 Å². The van der Waals surface area contributed by atoms with Crippen molar-refractivity contribution in [2.45, 2.75) is 37.3 Å². The predicted octanol–water partition coefficient (Wildman–Crippen LogP) is 0.959. The third kappa shape index (κ3) is 2.10. The zero-order valence-corrected chi connectivity index (χ0v) is 14.6. The van der Waals surface area contributed by atoms with E-state index in [0.717, 1.165) is 0 Å². The van der Waals surface area contributed by atoms with Gasteiger partial charge in [-0.2, -0.15) is 0 Å². The number of aliphatic hydroxyl groups excluding tert-OH is 3. The van der Waals surface area contributed by atoms with E-state index >= 15 is 0 Å². The van der Waals surface area contributed by atoms with Gasteiger partial charge in [-0.3, -0.25) is 4.79 Å². The molecule has 1 aromatic carbocycles. The van der Waals surface area contributed by atoms with Gasteiger partial charge in [0, 0.05) is 17.6 Å². The van der Waals surface area contributed by atoms with Gasteiger partial charge in [-0.1, -0.05) is 25.1 Å². The predicted molar refractivity (Wildman–Crippen MR) is 92.3 cm³/mol. The fourth-order valence-electron chi connectivity index (χ4n) is 4.61. The highest BCUT2D eigenvalue weighted by Gasteiger charge is 2.57. The molecule has 0 fully saturated rings. The standard InChI is InChI=1S/C20H22O6/c1-9-8-12(21)14-11(17(9)22)6-7-20(25)16(14)18(23)10-4-3-5-13(26-2)15(10)19(20)24/h3-7,9,16-19,22-25H,8H2,1-2H3. The first-order chi connectivity index (χ1) is 12.3. The third-order valence-corrected chi connectivity index (χ3v) is 5.98. The highest BCUT2D eigenvalue weighted by atomic mass is 16.5. The number of Topliss-reactive ketones (excluding diaryl/α,β-unsaturated/α-hetero) is 1. The van der Waals surface area contributed by atoms with Crippen LogP contribution in [0.25, 0.3) is 0 Å². The molecule has 0 heterocycles. The second-order valence-corrected chi connectivity index (χ2v) is 7.43. The van der Waals surface area contributed by atoms with Gasteiger partial charge in [0.1, 0.15) is 17.5 Å². The summed E-state index contributed by atoms with van der Waals surface area (Å²) in [6.07, 6.45) is -0.424. The molecule has 0 bridgehead atoms. The molecule has 6 unspecified atom stereocenters. The van der Waals surface area contributed by atoms with Crippen LogP contribution in [-0.2, 0) is 4.79 Å². The molecule has 4 rings (SSSR count). The lowest BCUT2D eigenvalue weighted by atomic mass is 9.60. The number of benzene rings is 1. The van der Waals surface area contributed by atoms with Crippen LogP contribution in [-0.4, -0.2) is 45.0 Å². The van der Waals surface area contributed by atoms with Crippen LogP contribution in [0.1, 0.15) is 36.7 Å². The zero-order valence-electron chi connectivity index (χ0n) is 14.6. The lowest BCUT2D eigenvalue weighted by Gasteiger charge is -2.49. The second-order valence-electron chi connectivity index (χ2n) is 7.43. The molecule has 1 aromatic rings. The van der Waals surface area contributed by atoms with Crippen molar-refractivity contribution in [3.63, 3.8) is 0 Å². The van der Waals surface area contributed by atoms with Crippen LogP contribution in [0.5, 0.6) is 5.75 Å². The highest BCUT2D eigenvalue weighted by Crippen LogP contribution is 2.56. The average molecular weight is 358 g/mol. The Morgan fingerprint density at radius 3 is 2.62 bits per heavy atom. The van der Waals surface area contributed by atoms with Crippen LogP contribution in [0.15, 0.2) is 41.5 Å². The van der Waals surface area contributed by atoms with Gasteiger partial charge < -0.3 is 25.2 Å². The molecule has 26 heavy (non-hydrogen) atoms. The molecule has 6 nitrogen and oxygen atoms in total. The average Bonchev–Trinajstić information content (AvgIpc) is 2.63. The summed E-state index contributed by atoms with van der Waals surface area (Å²) in [7, 11) is 1.45. The molecule has 138 valence electrons. The van der Waals surface area contributed by atoms with Gasteiger partial charge in [0.05, 0.1) is 25.2 Å². The summed E-state index contributed by atoms with van der Waals surface area (Å²) >= 11 is 0. The summed E-state index contributed by atoms with van der Waals surface area (Å²) < 4.78 is 5.29. The summed E-state index contributed by atoms with van der Waals surface area (Å²) in [6.45, 7) is 1.79. The van der Waals surface area contributed by atoms with Crippen molar-refractivity contribution >= 4 is 5.78 Å². The molecule has 0 spiro atoms. The minimum absolute atomic E-state index is 0.133. The molecule has 4 N–H and O–H groups in total. The van der Waals surface area contributed by atoms with E-state index in [-0.39, 0.29) is 23.7 Å². The number of fused-ring (bicyclic) bond motifs is 3. The number of methoxy groups -OCH3 is 1. The summed E-state index contributed by atoms with van der Waals surface area (Å²) in [5, 5.41) is 43.8. The fourth-order valence-corrected chi connectivity index (χ4v) is 4.61. The summed E-state index contributed by atoms with van der Waals surface area (Å²) in [6, 6.07) is 4.98. The lowest BCUT2D eigenvalue weighted by molar-refractivity contribution is -0.133. The van der Waals surface area contributed by atoms with Crippen LogP contribution in [0, 0.1) is 11.8 Å². The van der Waals surface area contributed by atoms with Crippen LogP contribution >= 0.6 is 0 Å². The van der Waals surface area contributed by atoms with Crippen LogP contribution in [0.3, 0.4) is 0 Å². The van der Waals surface area contributed by atoms with Gasteiger partial charge in [-0.25, -0.2) is 0 Å². The Morgan fingerprint density at radius 2 is 1.92 bits per heavy atom. The van der Waals surface area contributed by atoms with E-state index in [1.807, 2.05) is 0 Å².